The zero-order valence-electron chi connectivity index (χ0n) is 11.4. The van der Waals surface area contributed by atoms with Crippen LogP contribution in [0.3, 0.4) is 0 Å². The Bertz CT molecular complexity index is 587. The Morgan fingerprint density at radius 2 is 2.21 bits per heavy atom. The molecule has 2 heterocycles. The zero-order chi connectivity index (χ0) is 13.4. The molecule has 1 aromatic heterocycles. The summed E-state index contributed by atoms with van der Waals surface area (Å²) in [6, 6.07) is 8.85. The van der Waals surface area contributed by atoms with Crippen molar-refractivity contribution in [1.82, 2.24) is 14.8 Å². The molecule has 5 nitrogen and oxygen atoms in total. The summed E-state index contributed by atoms with van der Waals surface area (Å²) in [6.07, 6.45) is 3.19. The highest BCUT2D eigenvalue weighted by Crippen LogP contribution is 2.31. The van der Waals surface area contributed by atoms with Crippen molar-refractivity contribution in [2.75, 3.05) is 24.7 Å². The predicted molar refractivity (Wildman–Crippen MR) is 76.3 cm³/mol. The second-order valence-corrected chi connectivity index (χ2v) is 5.23. The largest absolute Gasteiger partial charge is 0.378 e. The number of nitrogen functional groups attached to an aromatic ring is 1. The minimum absolute atomic E-state index is 0.258. The van der Waals surface area contributed by atoms with Gasteiger partial charge in [-0.25, -0.2) is 4.68 Å². The first-order valence-corrected chi connectivity index (χ1v) is 6.63. The smallest absolute Gasteiger partial charge is 0.239 e. The van der Waals surface area contributed by atoms with E-state index in [-0.39, 0.29) is 6.04 Å². The average molecular weight is 257 g/mol. The Labute approximate surface area is 113 Å². The molecule has 100 valence electrons. The minimum atomic E-state index is 0.258. The maximum Gasteiger partial charge on any atom is 0.239 e. The standard InChI is InChI=1S/C14H19N5/c1-18(2)11-6-3-5-10(9-11)12-7-4-8-13-16-14(15)17-19(12)13/h3,5-6,9,12H,4,7-8H2,1-2H3,(H2,15,17). The van der Waals surface area contributed by atoms with Crippen LogP contribution in [0, 0.1) is 0 Å². The lowest BCUT2D eigenvalue weighted by Crippen LogP contribution is -2.20. The Morgan fingerprint density at radius 3 is 3.00 bits per heavy atom. The van der Waals surface area contributed by atoms with Crippen LogP contribution in [0.15, 0.2) is 24.3 Å². The molecule has 2 N–H and O–H groups in total. The van der Waals surface area contributed by atoms with E-state index in [4.69, 9.17) is 5.73 Å². The normalized spacial score (nSPS) is 18.1. The fourth-order valence-electron chi connectivity index (χ4n) is 2.69. The van der Waals surface area contributed by atoms with Crippen molar-refractivity contribution in [2.24, 2.45) is 0 Å². The van der Waals surface area contributed by atoms with E-state index in [1.165, 1.54) is 11.3 Å². The summed E-state index contributed by atoms with van der Waals surface area (Å²) in [6.45, 7) is 0. The van der Waals surface area contributed by atoms with E-state index in [0.29, 0.717) is 5.95 Å². The summed E-state index contributed by atoms with van der Waals surface area (Å²) in [5, 5.41) is 4.35. The molecule has 0 amide bonds. The molecule has 1 aromatic carbocycles. The van der Waals surface area contributed by atoms with E-state index in [2.05, 4.69) is 53.3 Å². The quantitative estimate of drug-likeness (QED) is 0.892. The second-order valence-electron chi connectivity index (χ2n) is 5.23. The van der Waals surface area contributed by atoms with Gasteiger partial charge in [0.05, 0.1) is 6.04 Å². The van der Waals surface area contributed by atoms with E-state index in [1.807, 2.05) is 4.68 Å². The van der Waals surface area contributed by atoms with Crippen LogP contribution in [0.25, 0.3) is 0 Å². The van der Waals surface area contributed by atoms with Crippen molar-refractivity contribution >= 4 is 11.6 Å². The molecular weight excluding hydrogens is 238 g/mol. The molecule has 0 saturated carbocycles. The van der Waals surface area contributed by atoms with Crippen LogP contribution in [-0.4, -0.2) is 28.9 Å². The molecule has 1 aliphatic heterocycles. The Hall–Kier alpha value is -2.04. The van der Waals surface area contributed by atoms with E-state index in [1.54, 1.807) is 0 Å². The fourth-order valence-corrected chi connectivity index (χ4v) is 2.69. The Kier molecular flexibility index (Phi) is 2.89. The first-order valence-electron chi connectivity index (χ1n) is 6.63. The van der Waals surface area contributed by atoms with Gasteiger partial charge in [0, 0.05) is 26.2 Å². The summed E-state index contributed by atoms with van der Waals surface area (Å²) in [7, 11) is 4.11. The zero-order valence-corrected chi connectivity index (χ0v) is 11.4. The first-order chi connectivity index (χ1) is 9.15. The number of fused-ring (bicyclic) bond motifs is 1. The predicted octanol–water partition coefficient (Wildman–Crippen LogP) is 1.85. The SMILES string of the molecule is CN(C)c1cccc(C2CCCc3nc(N)nn32)c1. The number of nitrogens with zero attached hydrogens (tertiary/aromatic N) is 4. The van der Waals surface area contributed by atoms with Gasteiger partial charge < -0.3 is 10.6 Å². The first kappa shape index (κ1) is 12.0. The van der Waals surface area contributed by atoms with Crippen molar-refractivity contribution in [3.8, 4) is 0 Å². The van der Waals surface area contributed by atoms with Crippen LogP contribution < -0.4 is 10.6 Å². The molecule has 0 saturated heterocycles. The van der Waals surface area contributed by atoms with Gasteiger partial charge in [-0.1, -0.05) is 12.1 Å². The van der Waals surface area contributed by atoms with Crippen LogP contribution >= 0.6 is 0 Å². The van der Waals surface area contributed by atoms with Crippen LogP contribution in [0.5, 0.6) is 0 Å². The molecule has 0 bridgehead atoms. The van der Waals surface area contributed by atoms with Gasteiger partial charge in [-0.05, 0) is 30.5 Å². The molecule has 1 unspecified atom stereocenters. The van der Waals surface area contributed by atoms with Crippen molar-refractivity contribution < 1.29 is 0 Å². The van der Waals surface area contributed by atoms with Gasteiger partial charge in [0.15, 0.2) is 0 Å². The van der Waals surface area contributed by atoms with Gasteiger partial charge in [0.1, 0.15) is 5.82 Å². The summed E-state index contributed by atoms with van der Waals surface area (Å²) in [4.78, 5) is 6.42. The van der Waals surface area contributed by atoms with Crippen LogP contribution in [0.4, 0.5) is 11.6 Å². The number of hydrogen-bond donors (Lipinski definition) is 1. The number of anilines is 2. The molecule has 0 spiro atoms. The lowest BCUT2D eigenvalue weighted by molar-refractivity contribution is 0.413. The molecule has 0 radical (unpaired) electrons. The summed E-state index contributed by atoms with van der Waals surface area (Å²) in [5.41, 5.74) is 8.21. The molecular formula is C14H19N5. The highest BCUT2D eigenvalue weighted by atomic mass is 15.4. The maximum absolute atomic E-state index is 5.73. The van der Waals surface area contributed by atoms with Gasteiger partial charge in [0.2, 0.25) is 5.95 Å². The van der Waals surface area contributed by atoms with Gasteiger partial charge in [-0.15, -0.1) is 5.10 Å². The molecule has 3 rings (SSSR count). The van der Waals surface area contributed by atoms with Crippen molar-refractivity contribution in [2.45, 2.75) is 25.3 Å². The van der Waals surface area contributed by atoms with Crippen molar-refractivity contribution in [3.63, 3.8) is 0 Å². The molecule has 1 atom stereocenters. The molecule has 2 aromatic rings. The number of hydrogen-bond acceptors (Lipinski definition) is 4. The summed E-state index contributed by atoms with van der Waals surface area (Å²) < 4.78 is 1.99. The van der Waals surface area contributed by atoms with E-state index in [0.717, 1.165) is 25.1 Å². The van der Waals surface area contributed by atoms with E-state index in [9.17, 15) is 0 Å². The molecule has 19 heavy (non-hydrogen) atoms. The third-order valence-electron chi connectivity index (χ3n) is 3.66. The minimum Gasteiger partial charge on any atom is -0.378 e. The second kappa shape index (κ2) is 4.57. The molecule has 0 fully saturated rings. The molecule has 5 heteroatoms. The lowest BCUT2D eigenvalue weighted by atomic mass is 9.97. The lowest BCUT2D eigenvalue weighted by Gasteiger charge is -2.25. The summed E-state index contributed by atoms with van der Waals surface area (Å²) in [5.74, 6) is 1.38. The fraction of sp³-hybridized carbons (Fsp3) is 0.429. The van der Waals surface area contributed by atoms with Crippen molar-refractivity contribution in [3.05, 3.63) is 35.7 Å². The van der Waals surface area contributed by atoms with Gasteiger partial charge >= 0.3 is 0 Å². The van der Waals surface area contributed by atoms with Crippen LogP contribution in [0.1, 0.15) is 30.3 Å². The van der Waals surface area contributed by atoms with E-state index < -0.39 is 0 Å². The number of aromatic nitrogens is 3. The highest BCUT2D eigenvalue weighted by Gasteiger charge is 2.24. The van der Waals surface area contributed by atoms with Crippen molar-refractivity contribution in [1.29, 1.82) is 0 Å². The number of rotatable bonds is 2. The van der Waals surface area contributed by atoms with Gasteiger partial charge in [-0.3, -0.25) is 0 Å². The number of nitrogens with two attached hydrogens (primary N) is 1. The third kappa shape index (κ3) is 2.16. The maximum atomic E-state index is 5.73. The monoisotopic (exact) mass is 257 g/mol. The summed E-state index contributed by atoms with van der Waals surface area (Å²) >= 11 is 0. The average Bonchev–Trinajstić information content (AvgIpc) is 2.78. The topological polar surface area (TPSA) is 60.0 Å². The van der Waals surface area contributed by atoms with Crippen LogP contribution in [0.2, 0.25) is 0 Å². The third-order valence-corrected chi connectivity index (χ3v) is 3.66. The van der Waals surface area contributed by atoms with Crippen LogP contribution in [-0.2, 0) is 6.42 Å². The number of benzene rings is 1. The molecule has 0 aliphatic carbocycles. The number of aryl methyl sites for hydroxylation is 1. The van der Waals surface area contributed by atoms with Gasteiger partial charge in [0.25, 0.3) is 0 Å². The Balaban J connectivity index is 2.01. The van der Waals surface area contributed by atoms with Gasteiger partial charge in [-0.2, -0.15) is 4.98 Å². The van der Waals surface area contributed by atoms with E-state index >= 15 is 0 Å². The highest BCUT2D eigenvalue weighted by molar-refractivity contribution is 5.48. The Morgan fingerprint density at radius 1 is 1.37 bits per heavy atom. The molecule has 1 aliphatic rings.